The average molecular weight is 196 g/mol. The van der Waals surface area contributed by atoms with Gasteiger partial charge in [-0.05, 0) is 30.7 Å². The van der Waals surface area contributed by atoms with E-state index in [9.17, 15) is 9.18 Å². The molecule has 0 aliphatic heterocycles. The van der Waals surface area contributed by atoms with Crippen molar-refractivity contribution in [3.8, 4) is 0 Å². The molecule has 0 heterocycles. The number of aryl methyl sites for hydroxylation is 1. The van der Waals surface area contributed by atoms with Gasteiger partial charge >= 0.3 is 6.03 Å². The molecule has 1 aromatic rings. The molecule has 1 aromatic carbocycles. The molecule has 14 heavy (non-hydrogen) atoms. The molecule has 0 unspecified atom stereocenters. The van der Waals surface area contributed by atoms with Crippen molar-refractivity contribution in [3.63, 3.8) is 0 Å². The largest absolute Gasteiger partial charge is 0.331 e. The lowest BCUT2D eigenvalue weighted by Gasteiger charge is -2.13. The minimum Gasteiger partial charge on any atom is -0.331 e. The van der Waals surface area contributed by atoms with Gasteiger partial charge in [0.25, 0.3) is 0 Å². The molecule has 0 radical (unpaired) electrons. The number of anilines is 1. The second-order valence-corrected chi connectivity index (χ2v) is 3.28. The fourth-order valence-corrected chi connectivity index (χ4v) is 0.994. The average Bonchev–Trinajstić information content (AvgIpc) is 2.09. The van der Waals surface area contributed by atoms with E-state index in [1.54, 1.807) is 27.1 Å². The summed E-state index contributed by atoms with van der Waals surface area (Å²) in [5, 5.41) is 2.66. The van der Waals surface area contributed by atoms with Gasteiger partial charge in [0.1, 0.15) is 5.82 Å². The summed E-state index contributed by atoms with van der Waals surface area (Å²) in [6, 6.07) is 4.02. The molecule has 0 saturated carbocycles. The fourth-order valence-electron chi connectivity index (χ4n) is 0.994. The first-order chi connectivity index (χ1) is 6.50. The molecule has 0 fully saturated rings. The van der Waals surface area contributed by atoms with Gasteiger partial charge in [-0.3, -0.25) is 0 Å². The molecule has 0 aliphatic rings. The number of nitrogens with one attached hydrogen (secondary N) is 1. The maximum atomic E-state index is 12.7. The van der Waals surface area contributed by atoms with Gasteiger partial charge in [-0.25, -0.2) is 9.18 Å². The Morgan fingerprint density at radius 2 is 2.07 bits per heavy atom. The summed E-state index contributed by atoms with van der Waals surface area (Å²) < 4.78 is 12.7. The van der Waals surface area contributed by atoms with Crippen molar-refractivity contribution in [1.82, 2.24) is 4.90 Å². The van der Waals surface area contributed by atoms with Crippen LogP contribution >= 0.6 is 0 Å². The molecule has 2 amide bonds. The van der Waals surface area contributed by atoms with Gasteiger partial charge in [-0.1, -0.05) is 0 Å². The van der Waals surface area contributed by atoms with Crippen molar-refractivity contribution < 1.29 is 9.18 Å². The minimum absolute atomic E-state index is 0.222. The summed E-state index contributed by atoms with van der Waals surface area (Å²) in [5.74, 6) is -0.301. The molecule has 76 valence electrons. The molecule has 0 aliphatic carbocycles. The smallest absolute Gasteiger partial charge is 0.321 e. The van der Waals surface area contributed by atoms with E-state index < -0.39 is 0 Å². The second kappa shape index (κ2) is 4.09. The van der Waals surface area contributed by atoms with Gasteiger partial charge in [0.2, 0.25) is 0 Å². The first-order valence-electron chi connectivity index (χ1n) is 4.25. The lowest BCUT2D eigenvalue weighted by atomic mass is 10.2. The van der Waals surface area contributed by atoms with Crippen molar-refractivity contribution >= 4 is 11.7 Å². The van der Waals surface area contributed by atoms with Crippen LogP contribution in [0.25, 0.3) is 0 Å². The summed E-state index contributed by atoms with van der Waals surface area (Å²) in [6.45, 7) is 1.74. The molecule has 1 N–H and O–H groups in total. The first kappa shape index (κ1) is 10.5. The van der Waals surface area contributed by atoms with Crippen LogP contribution in [-0.4, -0.2) is 25.0 Å². The van der Waals surface area contributed by atoms with E-state index in [0.29, 0.717) is 11.3 Å². The summed E-state index contributed by atoms with van der Waals surface area (Å²) in [6.07, 6.45) is 0. The first-order valence-corrected chi connectivity index (χ1v) is 4.25. The van der Waals surface area contributed by atoms with Crippen LogP contribution in [0.4, 0.5) is 14.9 Å². The molecule has 0 saturated heterocycles. The zero-order chi connectivity index (χ0) is 10.7. The van der Waals surface area contributed by atoms with Crippen LogP contribution in [0.15, 0.2) is 18.2 Å². The fraction of sp³-hybridized carbons (Fsp3) is 0.300. The number of halogens is 1. The normalized spacial score (nSPS) is 9.71. The second-order valence-electron chi connectivity index (χ2n) is 3.28. The number of hydrogen-bond acceptors (Lipinski definition) is 1. The Hall–Kier alpha value is -1.58. The zero-order valence-electron chi connectivity index (χ0n) is 8.47. The standard InChI is InChI=1S/C10H13FN2O/c1-7-6-8(11)4-5-9(7)12-10(14)13(2)3/h4-6H,1-3H3,(H,12,14). The third-order valence-electron chi connectivity index (χ3n) is 1.84. The van der Waals surface area contributed by atoms with Crippen molar-refractivity contribution in [1.29, 1.82) is 0 Å². The SMILES string of the molecule is Cc1cc(F)ccc1NC(=O)N(C)C. The van der Waals surface area contributed by atoms with E-state index in [2.05, 4.69) is 5.32 Å². The summed E-state index contributed by atoms with van der Waals surface area (Å²) in [7, 11) is 3.29. The van der Waals surface area contributed by atoms with Crippen LogP contribution in [0.2, 0.25) is 0 Å². The van der Waals surface area contributed by atoms with E-state index in [1.165, 1.54) is 17.0 Å². The maximum absolute atomic E-state index is 12.7. The number of urea groups is 1. The van der Waals surface area contributed by atoms with E-state index in [0.717, 1.165) is 0 Å². The van der Waals surface area contributed by atoms with Crippen LogP contribution in [0, 0.1) is 12.7 Å². The topological polar surface area (TPSA) is 32.3 Å². The van der Waals surface area contributed by atoms with Crippen LogP contribution in [0.1, 0.15) is 5.56 Å². The van der Waals surface area contributed by atoms with Crippen molar-refractivity contribution in [2.45, 2.75) is 6.92 Å². The van der Waals surface area contributed by atoms with Crippen LogP contribution in [0.5, 0.6) is 0 Å². The molecule has 0 aromatic heterocycles. The van der Waals surface area contributed by atoms with Gasteiger partial charge in [0, 0.05) is 19.8 Å². The molecule has 4 heteroatoms. The van der Waals surface area contributed by atoms with Gasteiger partial charge in [0.05, 0.1) is 0 Å². The number of amides is 2. The zero-order valence-corrected chi connectivity index (χ0v) is 8.47. The third kappa shape index (κ3) is 2.45. The molecule has 0 bridgehead atoms. The highest BCUT2D eigenvalue weighted by Gasteiger charge is 2.06. The van der Waals surface area contributed by atoms with Crippen LogP contribution in [0.3, 0.4) is 0 Å². The minimum atomic E-state index is -0.301. The summed E-state index contributed by atoms with van der Waals surface area (Å²) in [5.41, 5.74) is 1.34. The number of carbonyl (C=O) groups is 1. The Labute approximate surface area is 82.5 Å². The molecular formula is C10H13FN2O. The van der Waals surface area contributed by atoms with Crippen molar-refractivity contribution in [2.75, 3.05) is 19.4 Å². The molecular weight excluding hydrogens is 183 g/mol. The Balaban J connectivity index is 2.82. The van der Waals surface area contributed by atoms with Crippen LogP contribution < -0.4 is 5.32 Å². The molecule has 0 spiro atoms. The Kier molecular flexibility index (Phi) is 3.06. The monoisotopic (exact) mass is 196 g/mol. The third-order valence-corrected chi connectivity index (χ3v) is 1.84. The van der Waals surface area contributed by atoms with E-state index in [1.807, 2.05) is 0 Å². The van der Waals surface area contributed by atoms with E-state index in [-0.39, 0.29) is 11.8 Å². The Morgan fingerprint density at radius 1 is 1.43 bits per heavy atom. The molecule has 0 atom stereocenters. The van der Waals surface area contributed by atoms with Gasteiger partial charge in [0.15, 0.2) is 0 Å². The highest BCUT2D eigenvalue weighted by atomic mass is 19.1. The van der Waals surface area contributed by atoms with Gasteiger partial charge < -0.3 is 10.2 Å². The quantitative estimate of drug-likeness (QED) is 0.733. The number of rotatable bonds is 1. The Bertz CT molecular complexity index is 350. The van der Waals surface area contributed by atoms with Gasteiger partial charge in [-0.2, -0.15) is 0 Å². The number of nitrogens with zero attached hydrogens (tertiary/aromatic N) is 1. The van der Waals surface area contributed by atoms with Crippen molar-refractivity contribution in [3.05, 3.63) is 29.6 Å². The summed E-state index contributed by atoms with van der Waals surface area (Å²) >= 11 is 0. The van der Waals surface area contributed by atoms with E-state index in [4.69, 9.17) is 0 Å². The highest BCUT2D eigenvalue weighted by Crippen LogP contribution is 2.15. The summed E-state index contributed by atoms with van der Waals surface area (Å²) in [4.78, 5) is 12.7. The molecule has 1 rings (SSSR count). The lowest BCUT2D eigenvalue weighted by molar-refractivity contribution is 0.230. The highest BCUT2D eigenvalue weighted by molar-refractivity contribution is 5.89. The predicted molar refractivity (Wildman–Crippen MR) is 53.8 cm³/mol. The number of hydrogen-bond donors (Lipinski definition) is 1. The van der Waals surface area contributed by atoms with E-state index >= 15 is 0 Å². The van der Waals surface area contributed by atoms with Gasteiger partial charge in [-0.15, -0.1) is 0 Å². The number of carbonyl (C=O) groups excluding carboxylic acids is 1. The predicted octanol–water partition coefficient (Wildman–Crippen LogP) is 2.23. The Morgan fingerprint density at radius 3 is 2.57 bits per heavy atom. The van der Waals surface area contributed by atoms with Crippen LogP contribution in [-0.2, 0) is 0 Å². The maximum Gasteiger partial charge on any atom is 0.321 e. The lowest BCUT2D eigenvalue weighted by Crippen LogP contribution is -2.27. The molecule has 3 nitrogen and oxygen atoms in total. The van der Waals surface area contributed by atoms with Crippen molar-refractivity contribution in [2.24, 2.45) is 0 Å². The number of benzene rings is 1.